The van der Waals surface area contributed by atoms with E-state index in [1.54, 1.807) is 28.6 Å². The molecule has 2 saturated heterocycles. The molecule has 2 fully saturated rings. The molecule has 1 aliphatic carbocycles. The zero-order chi connectivity index (χ0) is 22.6. The van der Waals surface area contributed by atoms with Crippen molar-refractivity contribution in [3.05, 3.63) is 53.6 Å². The number of likely N-dealkylation sites (tertiary alicyclic amines) is 1. The van der Waals surface area contributed by atoms with Crippen molar-refractivity contribution in [2.24, 2.45) is 5.92 Å². The van der Waals surface area contributed by atoms with E-state index in [1.165, 1.54) is 0 Å². The van der Waals surface area contributed by atoms with Crippen LogP contribution >= 0.6 is 0 Å². The lowest BCUT2D eigenvalue weighted by Gasteiger charge is -2.41. The first-order chi connectivity index (χ1) is 15.5. The monoisotopic (exact) mass is 452 g/mol. The van der Waals surface area contributed by atoms with Crippen molar-refractivity contribution in [1.82, 2.24) is 9.21 Å². The Balaban J connectivity index is 1.34. The summed E-state index contributed by atoms with van der Waals surface area (Å²) in [6.07, 6.45) is 17.7. The van der Waals surface area contributed by atoms with E-state index in [4.69, 9.17) is 6.42 Å². The van der Waals surface area contributed by atoms with Gasteiger partial charge in [0.15, 0.2) is 5.78 Å². The van der Waals surface area contributed by atoms with E-state index in [-0.39, 0.29) is 10.7 Å². The third-order valence-corrected chi connectivity index (χ3v) is 8.96. The zero-order valence-electron chi connectivity index (χ0n) is 18.6. The first kappa shape index (κ1) is 23.0. The molecule has 0 spiro atoms. The molecule has 0 radical (unpaired) electrons. The largest absolute Gasteiger partial charge is 0.300 e. The molecule has 6 heteroatoms. The maximum absolute atomic E-state index is 13.2. The van der Waals surface area contributed by atoms with Crippen LogP contribution in [0.5, 0.6) is 0 Å². The topological polar surface area (TPSA) is 57.7 Å². The lowest BCUT2D eigenvalue weighted by Crippen LogP contribution is -2.48. The molecule has 0 aromatic heterocycles. The second-order valence-electron chi connectivity index (χ2n) is 9.02. The second-order valence-corrected chi connectivity index (χ2v) is 11.0. The molecule has 0 saturated carbocycles. The molecule has 0 atom stereocenters. The Bertz CT molecular complexity index is 1020. The van der Waals surface area contributed by atoms with Crippen LogP contribution in [0, 0.1) is 18.3 Å². The summed E-state index contributed by atoms with van der Waals surface area (Å²) in [6, 6.07) is 6.88. The molecule has 1 aromatic rings. The van der Waals surface area contributed by atoms with E-state index < -0.39 is 10.0 Å². The van der Waals surface area contributed by atoms with Crippen molar-refractivity contribution in [3.8, 4) is 12.3 Å². The van der Waals surface area contributed by atoms with Gasteiger partial charge in [-0.1, -0.05) is 18.2 Å². The summed E-state index contributed by atoms with van der Waals surface area (Å²) in [7, 11) is -3.54. The maximum atomic E-state index is 13.2. The van der Waals surface area contributed by atoms with Crippen LogP contribution in [0.2, 0.25) is 0 Å². The molecule has 32 heavy (non-hydrogen) atoms. The highest BCUT2D eigenvalue weighted by atomic mass is 32.2. The van der Waals surface area contributed by atoms with E-state index in [2.05, 4.69) is 10.8 Å². The fraction of sp³-hybridized carbons (Fsp3) is 0.500. The lowest BCUT2D eigenvalue weighted by atomic mass is 9.92. The highest BCUT2D eigenvalue weighted by Crippen LogP contribution is 2.28. The van der Waals surface area contributed by atoms with Crippen molar-refractivity contribution in [2.45, 2.75) is 55.9 Å². The summed E-state index contributed by atoms with van der Waals surface area (Å²) < 4.78 is 27.9. The molecule has 170 valence electrons. The summed E-state index contributed by atoms with van der Waals surface area (Å²) in [5.74, 6) is 3.39. The number of carbonyl (C=O) groups excluding carboxylic acids is 1. The summed E-state index contributed by atoms with van der Waals surface area (Å²) in [4.78, 5) is 15.4. The first-order valence-corrected chi connectivity index (χ1v) is 13.1. The van der Waals surface area contributed by atoms with E-state index in [0.29, 0.717) is 37.0 Å². The van der Waals surface area contributed by atoms with Crippen LogP contribution in [0.25, 0.3) is 0 Å². The van der Waals surface area contributed by atoms with Crippen LogP contribution in [0.4, 0.5) is 0 Å². The molecule has 2 heterocycles. The molecule has 0 N–H and O–H groups in total. The number of rotatable bonds is 6. The van der Waals surface area contributed by atoms with Crippen molar-refractivity contribution in [2.75, 3.05) is 26.2 Å². The minimum Gasteiger partial charge on any atom is -0.300 e. The van der Waals surface area contributed by atoms with Gasteiger partial charge >= 0.3 is 0 Å². The molecule has 4 rings (SSSR count). The fourth-order valence-electron chi connectivity index (χ4n) is 5.03. The summed E-state index contributed by atoms with van der Waals surface area (Å²) in [5.41, 5.74) is 1.31. The summed E-state index contributed by atoms with van der Waals surface area (Å²) in [6.45, 7) is 3.20. The fourth-order valence-corrected chi connectivity index (χ4v) is 6.50. The molecule has 0 unspecified atom stereocenters. The predicted octanol–water partition coefficient (Wildman–Crippen LogP) is 4.03. The van der Waals surface area contributed by atoms with Gasteiger partial charge in [-0.05, 0) is 81.8 Å². The second kappa shape index (κ2) is 10.2. The Morgan fingerprint density at radius 2 is 1.69 bits per heavy atom. The number of hydrogen-bond acceptors (Lipinski definition) is 4. The van der Waals surface area contributed by atoms with Crippen molar-refractivity contribution in [3.63, 3.8) is 0 Å². The maximum Gasteiger partial charge on any atom is 0.243 e. The Hall–Kier alpha value is -2.20. The number of benzene rings is 1. The third kappa shape index (κ3) is 5.06. The van der Waals surface area contributed by atoms with Gasteiger partial charge in [0.2, 0.25) is 10.0 Å². The van der Waals surface area contributed by atoms with Gasteiger partial charge in [-0.15, -0.1) is 12.3 Å². The average Bonchev–Trinajstić information content (AvgIpc) is 2.85. The van der Waals surface area contributed by atoms with Crippen LogP contribution in [0.1, 0.15) is 55.3 Å². The molecule has 5 nitrogen and oxygen atoms in total. The molecular weight excluding hydrogens is 420 g/mol. The van der Waals surface area contributed by atoms with E-state index in [0.717, 1.165) is 57.2 Å². The van der Waals surface area contributed by atoms with Gasteiger partial charge in [-0.3, -0.25) is 4.79 Å². The van der Waals surface area contributed by atoms with Crippen LogP contribution in [0.3, 0.4) is 0 Å². The minimum atomic E-state index is -3.54. The van der Waals surface area contributed by atoms with Crippen LogP contribution in [-0.2, 0) is 10.0 Å². The molecule has 1 aromatic carbocycles. The first-order valence-electron chi connectivity index (χ1n) is 11.7. The van der Waals surface area contributed by atoms with Gasteiger partial charge < -0.3 is 4.90 Å². The van der Waals surface area contributed by atoms with E-state index in [9.17, 15) is 13.2 Å². The van der Waals surface area contributed by atoms with E-state index >= 15 is 0 Å². The zero-order valence-corrected chi connectivity index (χ0v) is 19.4. The Kier molecular flexibility index (Phi) is 7.30. The van der Waals surface area contributed by atoms with Gasteiger partial charge in [-0.2, -0.15) is 4.31 Å². The number of sulfonamides is 1. The Morgan fingerprint density at radius 3 is 2.28 bits per heavy atom. The Labute approximate surface area is 192 Å². The number of Topliss-reactive ketones (excluding diaryl/α,β-unsaturated/α-hetero) is 1. The standard InChI is InChI=1S/C26H32N2O3S/c1-2-6-21-13-17-27(18-14-21)24-15-19-28(20-16-24)32(30,31)25-11-9-23(10-12-25)26(29)22-7-4-3-5-8-22/h1,3-4,8-12,21,24H,5-7,13-20H2. The van der Waals surface area contributed by atoms with Gasteiger partial charge in [0.1, 0.15) is 0 Å². The lowest BCUT2D eigenvalue weighted by molar-refractivity contribution is 0.0980. The quantitative estimate of drug-likeness (QED) is 0.371. The van der Waals surface area contributed by atoms with Gasteiger partial charge in [0.25, 0.3) is 0 Å². The Morgan fingerprint density at radius 1 is 1.00 bits per heavy atom. The predicted molar refractivity (Wildman–Crippen MR) is 127 cm³/mol. The third-order valence-electron chi connectivity index (χ3n) is 7.05. The normalized spacial score (nSPS) is 21.8. The van der Waals surface area contributed by atoms with Crippen molar-refractivity contribution < 1.29 is 13.2 Å². The van der Waals surface area contributed by atoms with E-state index in [1.807, 2.05) is 18.2 Å². The highest BCUT2D eigenvalue weighted by molar-refractivity contribution is 7.89. The minimum absolute atomic E-state index is 0.0230. The van der Waals surface area contributed by atoms with Gasteiger partial charge in [0.05, 0.1) is 4.90 Å². The number of carbonyl (C=O) groups is 1. The van der Waals surface area contributed by atoms with Crippen molar-refractivity contribution >= 4 is 15.8 Å². The summed E-state index contributed by atoms with van der Waals surface area (Å²) >= 11 is 0. The van der Waals surface area contributed by atoms with Crippen LogP contribution in [0.15, 0.2) is 53.0 Å². The number of nitrogens with zero attached hydrogens (tertiary/aromatic N) is 2. The SMILES string of the molecule is C#CCC1CCN(C2CCN(S(=O)(=O)c3ccc(C(=O)C4=CCC=CC4)cc3)CC2)CC1. The number of allylic oxidation sites excluding steroid dienone is 4. The smallest absolute Gasteiger partial charge is 0.243 e. The molecule has 3 aliphatic rings. The highest BCUT2D eigenvalue weighted by Gasteiger charge is 2.33. The molecule has 2 aliphatic heterocycles. The average molecular weight is 453 g/mol. The van der Waals surface area contributed by atoms with Gasteiger partial charge in [0, 0.05) is 36.7 Å². The van der Waals surface area contributed by atoms with Gasteiger partial charge in [-0.25, -0.2) is 8.42 Å². The molecule has 0 amide bonds. The molecule has 0 bridgehead atoms. The molecular formula is C26H32N2O3S. The number of hydrogen-bond donors (Lipinski definition) is 0. The van der Waals surface area contributed by atoms with Crippen molar-refractivity contribution in [1.29, 1.82) is 0 Å². The number of ketones is 1. The number of piperidine rings is 2. The van der Waals surface area contributed by atoms with Crippen LogP contribution in [-0.4, -0.2) is 55.6 Å². The summed E-state index contributed by atoms with van der Waals surface area (Å²) in [5, 5.41) is 0. The number of terminal acetylenes is 1. The van der Waals surface area contributed by atoms with Crippen LogP contribution < -0.4 is 0 Å².